The Labute approximate surface area is 221 Å². The molecule has 0 fully saturated rings. The molecule has 0 unspecified atom stereocenters. The molecule has 0 saturated heterocycles. The van der Waals surface area contributed by atoms with E-state index in [0.29, 0.717) is 46.2 Å². The molecule has 226 valence electrons. The van der Waals surface area contributed by atoms with E-state index in [0.717, 1.165) is 23.7 Å². The molecule has 1 heterocycles. The Balaban J connectivity index is 0.000000793. The third kappa shape index (κ3) is 14.3. The van der Waals surface area contributed by atoms with E-state index in [2.05, 4.69) is 17.0 Å². The minimum atomic E-state index is -6.72. The third-order valence-corrected chi connectivity index (χ3v) is 8.01. The number of halogens is 6. The van der Waals surface area contributed by atoms with Crippen LogP contribution in [0.5, 0.6) is 0 Å². The van der Waals surface area contributed by atoms with Gasteiger partial charge in [-0.25, -0.2) is 16.8 Å². The van der Waals surface area contributed by atoms with E-state index in [1.54, 1.807) is 25.6 Å². The lowest BCUT2D eigenvalue weighted by molar-refractivity contribution is -0.699. The number of hydrogen-bond acceptors (Lipinski definition) is 10. The summed E-state index contributed by atoms with van der Waals surface area (Å²) in [6.07, 6.45) is 0.937. The number of rotatable bonds is 17. The minimum Gasteiger partial charge on any atom is -0.421 e. The lowest BCUT2D eigenvalue weighted by atomic mass is 10.3. The molecule has 0 N–H and O–H groups in total. The van der Waals surface area contributed by atoms with Crippen LogP contribution in [0.3, 0.4) is 0 Å². The molecular formula is C18H30F6N2O9S3. The fraction of sp³-hybridized carbons (Fsp3) is 0.833. The van der Waals surface area contributed by atoms with Gasteiger partial charge in [-0.1, -0.05) is 11.3 Å². The standard InChI is InChI=1S/C16H30NO5S.C2F6NO4S2/c1-15-16(4-6-20-12-13-22-11-9-19-3)23-14-17(15)5-7-21-10-8-18-2;3-1(4,5)14(10,11)9-15(12,13)2(6,7)8/h14H,4-13H2,1-3H3;/q+1;-1. The molecule has 1 rings (SSSR count). The molecule has 0 aliphatic rings. The lowest BCUT2D eigenvalue weighted by Crippen LogP contribution is -2.37. The largest absolute Gasteiger partial charge is 0.480 e. The van der Waals surface area contributed by atoms with Crippen LogP contribution < -0.4 is 4.57 Å². The summed E-state index contributed by atoms with van der Waals surface area (Å²) in [4.78, 5) is 1.36. The first-order valence-corrected chi connectivity index (χ1v) is 14.3. The number of hydrogen-bond donors (Lipinski definition) is 0. The molecule has 0 atom stereocenters. The van der Waals surface area contributed by atoms with Gasteiger partial charge >= 0.3 is 11.0 Å². The predicted octanol–water partition coefficient (Wildman–Crippen LogP) is 2.29. The topological polar surface area (TPSA) is 132 Å². The van der Waals surface area contributed by atoms with Crippen molar-refractivity contribution in [1.82, 2.24) is 0 Å². The summed E-state index contributed by atoms with van der Waals surface area (Å²) in [6, 6.07) is 0. The summed E-state index contributed by atoms with van der Waals surface area (Å²) in [7, 11) is -10.1. The van der Waals surface area contributed by atoms with Crippen LogP contribution in [-0.2, 0) is 56.7 Å². The number of methoxy groups -OCH3 is 2. The summed E-state index contributed by atoms with van der Waals surface area (Å²) < 4.78 is 138. The molecule has 20 heteroatoms. The van der Waals surface area contributed by atoms with Crippen LogP contribution in [0.15, 0.2) is 5.51 Å². The Morgan fingerprint density at radius 3 is 1.63 bits per heavy atom. The van der Waals surface area contributed by atoms with E-state index in [1.165, 1.54) is 10.6 Å². The van der Waals surface area contributed by atoms with Crippen molar-refractivity contribution < 1.29 is 71.4 Å². The maximum Gasteiger partial charge on any atom is 0.480 e. The molecule has 11 nitrogen and oxygen atoms in total. The SMILES string of the molecule is COCCOCCOCCc1sc[n+](CCOCCOC)c1C.O=S(=O)([N-]S(=O)(=O)C(F)(F)F)C(F)(F)F. The first kappa shape index (κ1) is 36.9. The third-order valence-electron chi connectivity index (χ3n) is 4.12. The Kier molecular flexibility index (Phi) is 17.0. The molecule has 0 amide bonds. The maximum atomic E-state index is 11.4. The van der Waals surface area contributed by atoms with Crippen LogP contribution in [0.25, 0.3) is 4.13 Å². The average molecular weight is 629 g/mol. The fourth-order valence-electron chi connectivity index (χ4n) is 2.16. The highest BCUT2D eigenvalue weighted by Gasteiger charge is 2.46. The Hall–Kier alpha value is -1.13. The van der Waals surface area contributed by atoms with Crippen molar-refractivity contribution in [2.75, 3.05) is 67.1 Å². The van der Waals surface area contributed by atoms with E-state index in [1.807, 2.05) is 0 Å². The lowest BCUT2D eigenvalue weighted by Gasteiger charge is -2.22. The highest BCUT2D eigenvalue weighted by Crippen LogP contribution is 2.36. The van der Waals surface area contributed by atoms with E-state index in [4.69, 9.17) is 23.7 Å². The highest BCUT2D eigenvalue weighted by molar-refractivity contribution is 8.13. The molecular weight excluding hydrogens is 598 g/mol. The molecule has 1 aromatic heterocycles. The van der Waals surface area contributed by atoms with E-state index in [9.17, 15) is 43.2 Å². The van der Waals surface area contributed by atoms with Gasteiger partial charge in [-0.15, -0.1) is 0 Å². The van der Waals surface area contributed by atoms with Gasteiger partial charge in [-0.2, -0.15) is 30.9 Å². The van der Waals surface area contributed by atoms with Crippen molar-refractivity contribution in [1.29, 1.82) is 0 Å². The van der Waals surface area contributed by atoms with Crippen LogP contribution in [-0.4, -0.2) is 94.9 Å². The van der Waals surface area contributed by atoms with Crippen molar-refractivity contribution in [2.45, 2.75) is 30.9 Å². The molecule has 0 spiro atoms. The number of nitrogens with zero attached hydrogens (tertiary/aromatic N) is 2. The van der Waals surface area contributed by atoms with Crippen LogP contribution in [0.1, 0.15) is 10.6 Å². The van der Waals surface area contributed by atoms with Gasteiger partial charge in [0.1, 0.15) is 6.61 Å². The number of sulfonamides is 2. The zero-order chi connectivity index (χ0) is 29.5. The Morgan fingerprint density at radius 1 is 0.763 bits per heavy atom. The van der Waals surface area contributed by atoms with Gasteiger partial charge in [-0.3, -0.25) is 0 Å². The zero-order valence-corrected chi connectivity index (χ0v) is 23.2. The van der Waals surface area contributed by atoms with Gasteiger partial charge in [0.25, 0.3) is 0 Å². The average Bonchev–Trinajstić information content (AvgIpc) is 3.13. The van der Waals surface area contributed by atoms with Crippen LogP contribution in [0, 0.1) is 6.92 Å². The maximum absolute atomic E-state index is 11.4. The highest BCUT2D eigenvalue weighted by atomic mass is 32.3. The van der Waals surface area contributed by atoms with Crippen LogP contribution in [0.4, 0.5) is 26.3 Å². The van der Waals surface area contributed by atoms with Crippen molar-refractivity contribution in [3.8, 4) is 0 Å². The summed E-state index contributed by atoms with van der Waals surface area (Å²) in [5, 5.41) is 0. The molecule has 0 bridgehead atoms. The molecule has 0 aromatic carbocycles. The summed E-state index contributed by atoms with van der Waals surface area (Å²) in [5.41, 5.74) is -8.96. The number of alkyl halides is 6. The summed E-state index contributed by atoms with van der Waals surface area (Å²) >= 11 is 1.77. The van der Waals surface area contributed by atoms with Crippen molar-refractivity contribution >= 4 is 31.4 Å². The van der Waals surface area contributed by atoms with Gasteiger partial charge in [-0.05, 0) is 0 Å². The Morgan fingerprint density at radius 2 is 1.18 bits per heavy atom. The van der Waals surface area contributed by atoms with Crippen molar-refractivity contribution in [3.63, 3.8) is 0 Å². The smallest absolute Gasteiger partial charge is 0.421 e. The first-order chi connectivity index (χ1) is 17.5. The van der Waals surface area contributed by atoms with E-state index < -0.39 is 31.1 Å². The zero-order valence-electron chi connectivity index (χ0n) is 20.7. The van der Waals surface area contributed by atoms with Gasteiger partial charge in [0, 0.05) is 27.6 Å². The molecule has 0 radical (unpaired) electrons. The van der Waals surface area contributed by atoms with Crippen LogP contribution in [0.2, 0.25) is 0 Å². The van der Waals surface area contributed by atoms with Gasteiger partial charge < -0.3 is 27.8 Å². The van der Waals surface area contributed by atoms with E-state index in [-0.39, 0.29) is 0 Å². The van der Waals surface area contributed by atoms with Gasteiger partial charge in [0.05, 0.1) is 51.1 Å². The molecule has 0 aliphatic heterocycles. The predicted molar refractivity (Wildman–Crippen MR) is 122 cm³/mol. The quantitative estimate of drug-likeness (QED) is 0.145. The van der Waals surface area contributed by atoms with Gasteiger partial charge in [0.2, 0.25) is 5.51 Å². The minimum absolute atomic E-state index is 0.617. The fourth-order valence-corrected chi connectivity index (χ4v) is 4.88. The van der Waals surface area contributed by atoms with Gasteiger partial charge in [0.15, 0.2) is 32.3 Å². The second kappa shape index (κ2) is 17.5. The number of aromatic nitrogens is 1. The first-order valence-electron chi connectivity index (χ1n) is 10.5. The number of thiazole rings is 1. The summed E-state index contributed by atoms with van der Waals surface area (Å²) in [6.45, 7) is 8.24. The Bertz CT molecular complexity index is 958. The molecule has 38 heavy (non-hydrogen) atoms. The molecule has 0 aliphatic carbocycles. The molecule has 1 aromatic rings. The number of ether oxygens (including phenoxy) is 5. The molecule has 0 saturated carbocycles. The summed E-state index contributed by atoms with van der Waals surface area (Å²) in [5.74, 6) is 0. The normalized spacial score (nSPS) is 12.9. The second-order valence-electron chi connectivity index (χ2n) is 6.91. The van der Waals surface area contributed by atoms with Crippen LogP contribution >= 0.6 is 11.3 Å². The monoisotopic (exact) mass is 628 g/mol. The second-order valence-corrected chi connectivity index (χ2v) is 11.3. The van der Waals surface area contributed by atoms with E-state index >= 15 is 0 Å². The van der Waals surface area contributed by atoms with Crippen molar-refractivity contribution in [3.05, 3.63) is 20.2 Å². The van der Waals surface area contributed by atoms with Crippen molar-refractivity contribution in [2.24, 2.45) is 0 Å².